The third-order valence-corrected chi connectivity index (χ3v) is 4.21. The van der Waals surface area contributed by atoms with E-state index >= 15 is 0 Å². The quantitative estimate of drug-likeness (QED) is 0.855. The average molecular weight is 294 g/mol. The zero-order chi connectivity index (χ0) is 14.6. The zero-order valence-electron chi connectivity index (χ0n) is 11.5. The molecule has 0 radical (unpaired) electrons. The second-order valence-electron chi connectivity index (χ2n) is 4.37. The minimum Gasteiger partial charge on any atom is -0.384 e. The van der Waals surface area contributed by atoms with E-state index in [4.69, 9.17) is 0 Å². The van der Waals surface area contributed by atoms with E-state index < -0.39 is 10.0 Å². The highest BCUT2D eigenvalue weighted by atomic mass is 32.2. The Kier molecular flexibility index (Phi) is 4.29. The van der Waals surface area contributed by atoms with Gasteiger partial charge in [-0.05, 0) is 18.6 Å². The summed E-state index contributed by atoms with van der Waals surface area (Å²) in [5, 5.41) is 7.06. The molecule has 7 heteroatoms. The van der Waals surface area contributed by atoms with Gasteiger partial charge in [0, 0.05) is 19.7 Å². The third kappa shape index (κ3) is 3.11. The topological polar surface area (TPSA) is 76.0 Å². The first-order valence-corrected chi connectivity index (χ1v) is 7.86. The summed E-state index contributed by atoms with van der Waals surface area (Å²) < 4.78 is 28.9. The van der Waals surface area contributed by atoms with Crippen molar-refractivity contribution in [2.75, 3.05) is 16.6 Å². The molecule has 0 saturated heterocycles. The minimum atomic E-state index is -3.64. The maximum absolute atomic E-state index is 12.4. The fourth-order valence-corrected chi connectivity index (χ4v) is 3.05. The van der Waals surface area contributed by atoms with Gasteiger partial charge in [-0.25, -0.2) is 8.42 Å². The molecule has 0 aliphatic rings. The Bertz CT molecular complexity index is 679. The molecule has 20 heavy (non-hydrogen) atoms. The molecule has 6 nitrogen and oxygen atoms in total. The average Bonchev–Trinajstić information content (AvgIpc) is 2.81. The normalized spacial score (nSPS) is 11.3. The molecule has 2 N–H and O–H groups in total. The number of para-hydroxylation sites is 1. The van der Waals surface area contributed by atoms with E-state index in [2.05, 4.69) is 15.1 Å². The maximum Gasteiger partial charge on any atom is 0.265 e. The lowest BCUT2D eigenvalue weighted by molar-refractivity contribution is 0.600. The minimum absolute atomic E-state index is 0.231. The Balaban J connectivity index is 2.32. The Hall–Kier alpha value is -2.02. The number of hydrogen-bond acceptors (Lipinski definition) is 4. The molecule has 0 spiro atoms. The number of benzene rings is 1. The van der Waals surface area contributed by atoms with Crippen LogP contribution in [-0.4, -0.2) is 24.7 Å². The molecule has 0 unspecified atom stereocenters. The van der Waals surface area contributed by atoms with Crippen molar-refractivity contribution >= 4 is 21.5 Å². The standard InChI is InChI=1S/C13H18N4O2S/c1-3-9-14-11-6-4-5-7-12(11)20(18,19)16-13-8-10-15-17(13)2/h4-8,10,14,16H,3,9H2,1-2H3. The molecular weight excluding hydrogens is 276 g/mol. The van der Waals surface area contributed by atoms with Crippen molar-refractivity contribution in [2.45, 2.75) is 18.2 Å². The predicted molar refractivity (Wildman–Crippen MR) is 79.2 cm³/mol. The highest BCUT2D eigenvalue weighted by Gasteiger charge is 2.19. The van der Waals surface area contributed by atoms with Crippen molar-refractivity contribution in [3.05, 3.63) is 36.5 Å². The zero-order valence-corrected chi connectivity index (χ0v) is 12.3. The van der Waals surface area contributed by atoms with Crippen molar-refractivity contribution in [3.8, 4) is 0 Å². The number of rotatable bonds is 6. The van der Waals surface area contributed by atoms with Gasteiger partial charge in [0.25, 0.3) is 10.0 Å². The lowest BCUT2D eigenvalue weighted by atomic mass is 10.3. The number of aryl methyl sites for hydroxylation is 1. The molecule has 0 amide bonds. The molecule has 1 aromatic carbocycles. The van der Waals surface area contributed by atoms with Crippen molar-refractivity contribution in [3.63, 3.8) is 0 Å². The molecular formula is C13H18N4O2S. The number of sulfonamides is 1. The van der Waals surface area contributed by atoms with Crippen LogP contribution in [0.3, 0.4) is 0 Å². The monoisotopic (exact) mass is 294 g/mol. The Morgan fingerprint density at radius 2 is 2.00 bits per heavy atom. The largest absolute Gasteiger partial charge is 0.384 e. The molecule has 108 valence electrons. The summed E-state index contributed by atoms with van der Waals surface area (Å²) in [5.74, 6) is 0.426. The van der Waals surface area contributed by atoms with Crippen LogP contribution in [0.5, 0.6) is 0 Å². The van der Waals surface area contributed by atoms with Gasteiger partial charge in [0.1, 0.15) is 10.7 Å². The summed E-state index contributed by atoms with van der Waals surface area (Å²) >= 11 is 0. The van der Waals surface area contributed by atoms with E-state index in [9.17, 15) is 8.42 Å². The second kappa shape index (κ2) is 5.96. The molecule has 0 saturated carbocycles. The number of hydrogen-bond donors (Lipinski definition) is 2. The molecule has 2 aromatic rings. The van der Waals surface area contributed by atoms with Crippen LogP contribution < -0.4 is 10.0 Å². The predicted octanol–water partition coefficient (Wildman–Crippen LogP) is 2.04. The van der Waals surface area contributed by atoms with E-state index in [0.717, 1.165) is 13.0 Å². The molecule has 0 bridgehead atoms. The molecule has 0 aliphatic heterocycles. The van der Waals surface area contributed by atoms with Crippen LogP contribution in [0.15, 0.2) is 41.4 Å². The molecule has 0 atom stereocenters. The van der Waals surface area contributed by atoms with Crippen LogP contribution in [0.2, 0.25) is 0 Å². The number of aromatic nitrogens is 2. The van der Waals surface area contributed by atoms with Gasteiger partial charge in [-0.2, -0.15) is 5.10 Å². The fraction of sp³-hybridized carbons (Fsp3) is 0.308. The van der Waals surface area contributed by atoms with Gasteiger partial charge in [-0.1, -0.05) is 19.1 Å². The first-order chi connectivity index (χ1) is 9.54. The molecule has 0 fully saturated rings. The number of anilines is 2. The summed E-state index contributed by atoms with van der Waals surface area (Å²) in [4.78, 5) is 0.231. The number of nitrogens with one attached hydrogen (secondary N) is 2. The first kappa shape index (κ1) is 14.4. The molecule has 2 rings (SSSR count). The lowest BCUT2D eigenvalue weighted by Crippen LogP contribution is -2.17. The van der Waals surface area contributed by atoms with Crippen molar-refractivity contribution in [1.82, 2.24) is 9.78 Å². The molecule has 1 aromatic heterocycles. The summed E-state index contributed by atoms with van der Waals surface area (Å²) in [6.45, 7) is 2.75. The van der Waals surface area contributed by atoms with Gasteiger partial charge in [0.2, 0.25) is 0 Å². The second-order valence-corrected chi connectivity index (χ2v) is 6.02. The lowest BCUT2D eigenvalue weighted by Gasteiger charge is -2.13. The van der Waals surface area contributed by atoms with Crippen LogP contribution >= 0.6 is 0 Å². The summed E-state index contributed by atoms with van der Waals surface area (Å²) in [6.07, 6.45) is 2.46. The van der Waals surface area contributed by atoms with Gasteiger partial charge in [-0.15, -0.1) is 0 Å². The van der Waals surface area contributed by atoms with Gasteiger partial charge in [0.05, 0.1) is 11.9 Å². The SMILES string of the molecule is CCCNc1ccccc1S(=O)(=O)Nc1ccnn1C. The third-order valence-electron chi connectivity index (χ3n) is 2.80. The van der Waals surface area contributed by atoms with Crippen LogP contribution in [0, 0.1) is 0 Å². The number of nitrogens with zero attached hydrogens (tertiary/aromatic N) is 2. The van der Waals surface area contributed by atoms with Crippen LogP contribution in [0.1, 0.15) is 13.3 Å². The van der Waals surface area contributed by atoms with Crippen molar-refractivity contribution < 1.29 is 8.42 Å². The van der Waals surface area contributed by atoms with Gasteiger partial charge in [-0.3, -0.25) is 9.40 Å². The Morgan fingerprint density at radius 1 is 1.25 bits per heavy atom. The van der Waals surface area contributed by atoms with Crippen LogP contribution in [0.4, 0.5) is 11.5 Å². The molecule has 1 heterocycles. The van der Waals surface area contributed by atoms with Crippen LogP contribution in [0.25, 0.3) is 0 Å². The van der Waals surface area contributed by atoms with E-state index in [0.29, 0.717) is 11.5 Å². The van der Waals surface area contributed by atoms with E-state index in [1.807, 2.05) is 6.92 Å². The summed E-state index contributed by atoms with van der Waals surface area (Å²) in [5.41, 5.74) is 0.601. The van der Waals surface area contributed by atoms with Crippen molar-refractivity contribution in [2.24, 2.45) is 7.05 Å². The van der Waals surface area contributed by atoms with E-state index in [1.165, 1.54) is 4.68 Å². The Labute approximate surface area is 118 Å². The highest BCUT2D eigenvalue weighted by molar-refractivity contribution is 7.92. The van der Waals surface area contributed by atoms with E-state index in [1.54, 1.807) is 43.6 Å². The van der Waals surface area contributed by atoms with Crippen molar-refractivity contribution in [1.29, 1.82) is 0 Å². The van der Waals surface area contributed by atoms with Gasteiger partial charge in [0.15, 0.2) is 0 Å². The maximum atomic E-state index is 12.4. The van der Waals surface area contributed by atoms with Crippen LogP contribution in [-0.2, 0) is 17.1 Å². The van der Waals surface area contributed by atoms with Gasteiger partial charge >= 0.3 is 0 Å². The summed E-state index contributed by atoms with van der Waals surface area (Å²) in [6, 6.07) is 8.46. The Morgan fingerprint density at radius 3 is 2.65 bits per heavy atom. The highest BCUT2D eigenvalue weighted by Crippen LogP contribution is 2.23. The van der Waals surface area contributed by atoms with E-state index in [-0.39, 0.29) is 4.90 Å². The van der Waals surface area contributed by atoms with Gasteiger partial charge < -0.3 is 5.32 Å². The smallest absolute Gasteiger partial charge is 0.265 e. The molecule has 0 aliphatic carbocycles. The summed E-state index contributed by atoms with van der Waals surface area (Å²) in [7, 11) is -1.96. The fourth-order valence-electron chi connectivity index (χ4n) is 1.77. The first-order valence-electron chi connectivity index (χ1n) is 6.38.